The molecule has 1 spiro atoms. The van der Waals surface area contributed by atoms with Gasteiger partial charge in [0.2, 0.25) is 0 Å². The van der Waals surface area contributed by atoms with Crippen LogP contribution >= 0.6 is 0 Å². The fourth-order valence-corrected chi connectivity index (χ4v) is 11.3. The molecule has 10 heterocycles. The summed E-state index contributed by atoms with van der Waals surface area (Å²) in [7, 11) is -2.01. The number of Topliss-reactive ketones (excluding diaryl/α,β-unsaturated/α-hetero) is 1. The van der Waals surface area contributed by atoms with Crippen molar-refractivity contribution in [2.45, 2.75) is 194 Å². The van der Waals surface area contributed by atoms with E-state index in [1.165, 1.54) is 0 Å². The smallest absolute Gasteiger partial charge is 0.261 e. The Morgan fingerprint density at radius 3 is 2.26 bits per heavy atom. The molecular formula is C41H63NO14S. The lowest BCUT2D eigenvalue weighted by Crippen LogP contribution is -2.61. The number of methoxy groups -OCH3 is 1. The van der Waals surface area contributed by atoms with Crippen LogP contribution in [0.4, 0.5) is 0 Å². The van der Waals surface area contributed by atoms with Crippen molar-refractivity contribution >= 4 is 15.9 Å². The van der Waals surface area contributed by atoms with Gasteiger partial charge in [-0.2, -0.15) is 8.42 Å². The van der Waals surface area contributed by atoms with E-state index in [1.54, 1.807) is 7.11 Å². The molecule has 16 heteroatoms. The second kappa shape index (κ2) is 16.8. The lowest BCUT2D eigenvalue weighted by Gasteiger charge is -2.47. The maximum Gasteiger partial charge on any atom is 0.261 e. The lowest BCUT2D eigenvalue weighted by molar-refractivity contribution is -0.292. The summed E-state index contributed by atoms with van der Waals surface area (Å²) in [6.45, 7) is 11.3. The quantitative estimate of drug-likeness (QED) is 0.276. The summed E-state index contributed by atoms with van der Waals surface area (Å²) in [5, 5.41) is 10.5. The van der Waals surface area contributed by atoms with Gasteiger partial charge >= 0.3 is 0 Å². The molecule has 3 unspecified atom stereocenters. The highest BCUT2D eigenvalue weighted by Crippen LogP contribution is 2.54. The maximum atomic E-state index is 14.1. The third kappa shape index (κ3) is 9.00. The minimum absolute atomic E-state index is 0.0158. The fourth-order valence-electron chi connectivity index (χ4n) is 11.3. The minimum Gasteiger partial charge on any atom is -0.392 e. The van der Waals surface area contributed by atoms with Crippen LogP contribution < -0.4 is 5.73 Å². The molecule has 0 radical (unpaired) electrons. The second-order valence-electron chi connectivity index (χ2n) is 18.2. The van der Waals surface area contributed by atoms with Gasteiger partial charge in [0.25, 0.3) is 10.1 Å². The molecule has 0 aromatic rings. The average molecular weight is 826 g/mol. The Labute approximate surface area is 336 Å². The molecule has 19 atom stereocenters. The van der Waals surface area contributed by atoms with Gasteiger partial charge in [0.05, 0.1) is 73.4 Å². The SMILES string of the molecule is C=C1C[C@@H]2CC[C@@]34C[C@@H]5O[C@H]6C(O3)C3O[C@H](CC[C@@H]3O[C@H]6C5O4)CC(=O)C[C@@H]3[C@@H](OC)[C@@H](C[C@H](O)CN)O[C@H]3C[C@H]3O[C@@H](CC[C@@H]1O2)C[C@@H](C)C3=C.CS(=O)(=O)O. The van der Waals surface area contributed by atoms with E-state index in [2.05, 4.69) is 20.1 Å². The van der Waals surface area contributed by atoms with Crippen molar-refractivity contribution in [3.63, 3.8) is 0 Å². The first kappa shape index (κ1) is 42.3. The van der Waals surface area contributed by atoms with Crippen molar-refractivity contribution < 1.29 is 65.5 Å². The number of rotatable bonds is 4. The van der Waals surface area contributed by atoms with Crippen LogP contribution in [0, 0.1) is 11.8 Å². The van der Waals surface area contributed by atoms with Crippen LogP contribution in [0.1, 0.15) is 90.4 Å². The molecule has 10 rings (SSSR count). The summed E-state index contributed by atoms with van der Waals surface area (Å²) in [5.74, 6) is -0.619. The van der Waals surface area contributed by atoms with Gasteiger partial charge in [-0.25, -0.2) is 0 Å². The Morgan fingerprint density at radius 1 is 0.825 bits per heavy atom. The van der Waals surface area contributed by atoms with Gasteiger partial charge in [0, 0.05) is 58.1 Å². The van der Waals surface area contributed by atoms with Crippen molar-refractivity contribution in [2.75, 3.05) is 19.9 Å². The molecule has 10 aliphatic rings. The van der Waals surface area contributed by atoms with Gasteiger partial charge in [-0.15, -0.1) is 0 Å². The molecule has 0 aliphatic carbocycles. The van der Waals surface area contributed by atoms with Crippen LogP contribution in [0.2, 0.25) is 0 Å². The first-order valence-corrected chi connectivity index (χ1v) is 22.9. The van der Waals surface area contributed by atoms with Gasteiger partial charge in [0.15, 0.2) is 5.79 Å². The summed E-state index contributed by atoms with van der Waals surface area (Å²) in [4.78, 5) is 14.1. The summed E-state index contributed by atoms with van der Waals surface area (Å²) < 4.78 is 85.9. The predicted octanol–water partition coefficient (Wildman–Crippen LogP) is 2.94. The number of hydrogen-bond acceptors (Lipinski definition) is 14. The summed E-state index contributed by atoms with van der Waals surface area (Å²) in [5.41, 5.74) is 8.01. The van der Waals surface area contributed by atoms with Gasteiger partial charge in [-0.3, -0.25) is 9.35 Å². The number of aliphatic hydroxyl groups excluding tert-OH is 1. The predicted molar refractivity (Wildman–Crippen MR) is 204 cm³/mol. The van der Waals surface area contributed by atoms with E-state index in [-0.39, 0.29) is 122 Å². The summed E-state index contributed by atoms with van der Waals surface area (Å²) in [6.07, 6.45) is 5.57. The normalized spacial score (nSPS) is 48.8. The molecule has 10 aliphatic heterocycles. The zero-order chi connectivity index (χ0) is 40.4. The van der Waals surface area contributed by atoms with Crippen molar-refractivity contribution in [3.05, 3.63) is 24.3 Å². The molecule has 322 valence electrons. The number of hydrogen-bond donors (Lipinski definition) is 3. The Hall–Kier alpha value is -1.38. The van der Waals surface area contributed by atoms with Crippen LogP contribution in [0.3, 0.4) is 0 Å². The van der Waals surface area contributed by atoms with Crippen LogP contribution in [0.5, 0.6) is 0 Å². The van der Waals surface area contributed by atoms with E-state index in [0.717, 1.165) is 56.1 Å². The molecule has 0 aromatic heterocycles. The number of carbonyl (C=O) groups is 1. The fraction of sp³-hybridized carbons (Fsp3) is 0.878. The van der Waals surface area contributed by atoms with E-state index in [0.29, 0.717) is 31.9 Å². The Morgan fingerprint density at radius 2 is 1.51 bits per heavy atom. The maximum absolute atomic E-state index is 14.1. The Balaban J connectivity index is 0.000000859. The molecule has 10 saturated heterocycles. The second-order valence-corrected chi connectivity index (χ2v) is 19.6. The molecule has 4 N–H and O–H groups in total. The molecule has 57 heavy (non-hydrogen) atoms. The first-order valence-electron chi connectivity index (χ1n) is 21.1. The van der Waals surface area contributed by atoms with E-state index >= 15 is 0 Å². The number of nitrogens with two attached hydrogens (primary N) is 1. The first-order chi connectivity index (χ1) is 27.1. The number of fused-ring (bicyclic) bond motifs is 6. The van der Waals surface area contributed by atoms with Crippen molar-refractivity contribution in [2.24, 2.45) is 17.6 Å². The van der Waals surface area contributed by atoms with E-state index < -0.39 is 28.1 Å². The zero-order valence-electron chi connectivity index (χ0n) is 33.5. The molecular weight excluding hydrogens is 763 g/mol. The van der Waals surface area contributed by atoms with Crippen molar-refractivity contribution in [1.82, 2.24) is 0 Å². The van der Waals surface area contributed by atoms with E-state index in [9.17, 15) is 18.3 Å². The third-order valence-corrected chi connectivity index (χ3v) is 14.0. The molecule has 15 nitrogen and oxygen atoms in total. The number of aliphatic hydroxyl groups is 1. The van der Waals surface area contributed by atoms with E-state index in [1.807, 2.05) is 0 Å². The molecule has 12 bridgehead atoms. The lowest BCUT2D eigenvalue weighted by atomic mass is 9.81. The Kier molecular flexibility index (Phi) is 12.5. The zero-order valence-corrected chi connectivity index (χ0v) is 34.3. The molecule has 0 aromatic carbocycles. The molecule has 0 saturated carbocycles. The van der Waals surface area contributed by atoms with Crippen molar-refractivity contribution in [1.29, 1.82) is 0 Å². The van der Waals surface area contributed by atoms with E-state index in [4.69, 9.17) is 52.9 Å². The molecule has 10 fully saturated rings. The minimum atomic E-state index is -3.67. The third-order valence-electron chi connectivity index (χ3n) is 14.0. The highest BCUT2D eigenvalue weighted by Gasteiger charge is 2.68. The van der Waals surface area contributed by atoms with Gasteiger partial charge in [0.1, 0.15) is 36.3 Å². The number of ketones is 1. The number of ether oxygens (including phenoxy) is 9. The molecule has 0 amide bonds. The van der Waals surface area contributed by atoms with Crippen molar-refractivity contribution in [3.8, 4) is 0 Å². The summed E-state index contributed by atoms with van der Waals surface area (Å²) in [6, 6.07) is 0. The van der Waals surface area contributed by atoms with Crippen LogP contribution in [-0.2, 0) is 57.5 Å². The largest absolute Gasteiger partial charge is 0.392 e. The number of carbonyl (C=O) groups excluding carboxylic acids is 1. The van der Waals surface area contributed by atoms with Gasteiger partial charge < -0.3 is 53.5 Å². The van der Waals surface area contributed by atoms with Gasteiger partial charge in [-0.1, -0.05) is 20.1 Å². The standard InChI is InChI=1S/C40H59NO11.CH4O3S/c1-19-11-24-5-7-28-20(2)12-26(45-28)9-10-40-17-33-36(51-40)37-38(50-33)39(52-40)35-29(49-37)8-6-25(47-35)13-22(42)14-27-31(16-30(46-24)21(19)3)48-32(34(27)44-4)15-23(43)18-41;1-5(2,3)4/h19,23-39,43H,2-3,5-18,41H2,1,4H3;1H3,(H,2,3,4)/t19-,23+,24+,25-,26+,27+,28+,29+,30-,31+,32-,33+,34-,35?,36?,37+,38-,39?,40+;/m1./s1. The average Bonchev–Trinajstić information content (AvgIpc) is 3.82. The van der Waals surface area contributed by atoms with Crippen LogP contribution in [0.25, 0.3) is 0 Å². The van der Waals surface area contributed by atoms with Crippen LogP contribution in [-0.4, -0.2) is 147 Å². The Bertz CT molecular complexity index is 1600. The summed E-state index contributed by atoms with van der Waals surface area (Å²) >= 11 is 0. The highest BCUT2D eigenvalue weighted by molar-refractivity contribution is 7.85. The van der Waals surface area contributed by atoms with Crippen LogP contribution in [0.15, 0.2) is 24.3 Å². The topological polar surface area (TPSA) is 201 Å². The van der Waals surface area contributed by atoms with Gasteiger partial charge in [-0.05, 0) is 62.0 Å². The monoisotopic (exact) mass is 825 g/mol. The highest BCUT2D eigenvalue weighted by atomic mass is 32.2.